The van der Waals surface area contributed by atoms with Gasteiger partial charge in [-0.25, -0.2) is 4.08 Å². The highest BCUT2D eigenvalue weighted by Crippen LogP contribution is 2.59. The maximum Gasteiger partial charge on any atom is 0.299 e. The predicted octanol–water partition coefficient (Wildman–Crippen LogP) is 5.56. The van der Waals surface area contributed by atoms with Crippen molar-refractivity contribution in [2.75, 3.05) is 0 Å². The van der Waals surface area contributed by atoms with Gasteiger partial charge >= 0.3 is 0 Å². The Labute approximate surface area is 126 Å². The molecule has 2 atom stereocenters. The quantitative estimate of drug-likeness (QED) is 0.686. The van der Waals surface area contributed by atoms with Crippen molar-refractivity contribution in [3.63, 3.8) is 0 Å². The van der Waals surface area contributed by atoms with Crippen LogP contribution in [0, 0.1) is 0 Å². The number of benzene rings is 2. The molecule has 0 amide bonds. The molecular formula is C13H9Cl2O2PS. The van der Waals surface area contributed by atoms with Crippen LogP contribution in [0.1, 0.15) is 17.2 Å². The van der Waals surface area contributed by atoms with Gasteiger partial charge in [0.2, 0.25) is 0 Å². The minimum Gasteiger partial charge on any atom is -0.305 e. The monoisotopic (exact) mass is 330 g/mol. The van der Waals surface area contributed by atoms with E-state index in [1.54, 1.807) is 0 Å². The van der Waals surface area contributed by atoms with E-state index in [9.17, 15) is 0 Å². The lowest BCUT2D eigenvalue weighted by molar-refractivity contribution is 0.268. The summed E-state index contributed by atoms with van der Waals surface area (Å²) in [5, 5.41) is 2.31. The topological polar surface area (TPSA) is 18.5 Å². The normalized spacial score (nSPS) is 20.4. The fraction of sp³-hybridized carbons (Fsp3) is 0.0769. The second-order valence-corrected chi connectivity index (χ2v) is 9.18. The van der Waals surface area contributed by atoms with Crippen molar-refractivity contribution >= 4 is 57.6 Å². The number of halogens is 2. The molecule has 0 aromatic heterocycles. The average molecular weight is 331 g/mol. The second kappa shape index (κ2) is 5.17. The standard InChI is InChI=1S/C13H9Cl2O2PS/c14-17-18(15,19)16-12-8-7-10-4-1-3-9-5-2-6-11(12)13(9)10/h1-8,12H. The minimum absolute atomic E-state index is 0.333. The van der Waals surface area contributed by atoms with Crippen LogP contribution in [0.15, 0.2) is 42.5 Å². The third-order valence-corrected chi connectivity index (χ3v) is 5.66. The van der Waals surface area contributed by atoms with Crippen LogP contribution in [0.5, 0.6) is 0 Å². The highest BCUT2D eigenvalue weighted by Gasteiger charge is 2.25. The second-order valence-electron chi connectivity index (χ2n) is 4.18. The molecule has 0 saturated heterocycles. The smallest absolute Gasteiger partial charge is 0.299 e. The molecule has 0 saturated carbocycles. The highest BCUT2D eigenvalue weighted by molar-refractivity contribution is 8.22. The maximum absolute atomic E-state index is 5.93. The van der Waals surface area contributed by atoms with Crippen molar-refractivity contribution in [3.8, 4) is 0 Å². The summed E-state index contributed by atoms with van der Waals surface area (Å²) in [5.74, 6) is -2.94. The van der Waals surface area contributed by atoms with Gasteiger partial charge in [0.25, 0.3) is 5.84 Å². The van der Waals surface area contributed by atoms with E-state index in [0.717, 1.165) is 21.9 Å². The molecule has 19 heavy (non-hydrogen) atoms. The van der Waals surface area contributed by atoms with Gasteiger partial charge in [-0.3, -0.25) is 0 Å². The minimum atomic E-state index is -2.94. The molecule has 0 fully saturated rings. The zero-order chi connectivity index (χ0) is 13.5. The first-order valence-corrected chi connectivity index (χ1v) is 9.44. The van der Waals surface area contributed by atoms with Crippen LogP contribution in [-0.4, -0.2) is 0 Å². The molecule has 2 nitrogen and oxygen atoms in total. The average Bonchev–Trinajstić information content (AvgIpc) is 2.42. The molecule has 0 radical (unpaired) electrons. The Balaban J connectivity index is 2.12. The van der Waals surface area contributed by atoms with Gasteiger partial charge < -0.3 is 4.52 Å². The van der Waals surface area contributed by atoms with Crippen molar-refractivity contribution in [1.82, 2.24) is 0 Å². The zero-order valence-corrected chi connectivity index (χ0v) is 12.8. The summed E-state index contributed by atoms with van der Waals surface area (Å²) in [6.45, 7) is 0. The SMILES string of the molecule is S=P(Cl)(OCl)OC1C=Cc2cccc3cccc1c23. The van der Waals surface area contributed by atoms with Gasteiger partial charge in [0.1, 0.15) is 6.10 Å². The summed E-state index contributed by atoms with van der Waals surface area (Å²) in [6.07, 6.45) is 3.58. The summed E-state index contributed by atoms with van der Waals surface area (Å²) in [7, 11) is 0. The number of rotatable bonds is 3. The first kappa shape index (κ1) is 13.6. The Hall–Kier alpha value is -0.410. The van der Waals surface area contributed by atoms with Gasteiger partial charge in [-0.1, -0.05) is 48.6 Å². The van der Waals surface area contributed by atoms with E-state index in [-0.39, 0.29) is 6.10 Å². The van der Waals surface area contributed by atoms with E-state index in [2.05, 4.69) is 22.3 Å². The van der Waals surface area contributed by atoms with E-state index in [1.807, 2.05) is 30.4 Å². The molecule has 1 aliphatic carbocycles. The first-order chi connectivity index (χ1) is 9.11. The third-order valence-electron chi connectivity index (χ3n) is 3.05. The van der Waals surface area contributed by atoms with Crippen molar-refractivity contribution in [3.05, 3.63) is 53.6 Å². The Morgan fingerprint density at radius 1 is 1.16 bits per heavy atom. The van der Waals surface area contributed by atoms with E-state index >= 15 is 0 Å². The summed E-state index contributed by atoms with van der Waals surface area (Å²) in [6, 6.07) is 12.2. The van der Waals surface area contributed by atoms with Crippen LogP contribution in [0.25, 0.3) is 16.8 Å². The lowest BCUT2D eigenvalue weighted by atomic mass is 9.92. The van der Waals surface area contributed by atoms with E-state index < -0.39 is 5.84 Å². The maximum atomic E-state index is 5.93. The van der Waals surface area contributed by atoms with Crippen LogP contribution in [-0.2, 0) is 20.4 Å². The van der Waals surface area contributed by atoms with Crippen molar-refractivity contribution < 1.29 is 8.60 Å². The molecular weight excluding hydrogens is 322 g/mol. The summed E-state index contributed by atoms with van der Waals surface area (Å²) in [5.41, 5.74) is 2.18. The van der Waals surface area contributed by atoms with Crippen LogP contribution in [0.3, 0.4) is 0 Å². The molecule has 0 bridgehead atoms. The van der Waals surface area contributed by atoms with Gasteiger partial charge in [-0.15, -0.1) is 0 Å². The van der Waals surface area contributed by atoms with Crippen molar-refractivity contribution in [2.24, 2.45) is 0 Å². The molecule has 0 heterocycles. The molecule has 0 aliphatic heterocycles. The molecule has 6 heteroatoms. The highest BCUT2D eigenvalue weighted by atomic mass is 35.7. The molecule has 0 N–H and O–H groups in total. The van der Waals surface area contributed by atoms with Gasteiger partial charge in [-0.05, 0) is 44.9 Å². The Kier molecular flexibility index (Phi) is 3.69. The molecule has 1 aliphatic rings. The molecule has 0 spiro atoms. The molecule has 2 aromatic carbocycles. The Morgan fingerprint density at radius 2 is 1.89 bits per heavy atom. The predicted molar refractivity (Wildman–Crippen MR) is 83.9 cm³/mol. The zero-order valence-electron chi connectivity index (χ0n) is 9.62. The molecule has 2 unspecified atom stereocenters. The van der Waals surface area contributed by atoms with E-state index in [1.165, 1.54) is 0 Å². The van der Waals surface area contributed by atoms with Gasteiger partial charge in [0.15, 0.2) is 0 Å². The summed E-state index contributed by atoms with van der Waals surface area (Å²) >= 11 is 16.2. The largest absolute Gasteiger partial charge is 0.305 e. The Morgan fingerprint density at radius 3 is 2.63 bits per heavy atom. The molecule has 98 valence electrons. The third kappa shape index (κ3) is 2.59. The van der Waals surface area contributed by atoms with Gasteiger partial charge in [0, 0.05) is 0 Å². The summed E-state index contributed by atoms with van der Waals surface area (Å²) in [4.78, 5) is 0. The molecule has 2 aromatic rings. The van der Waals surface area contributed by atoms with Gasteiger partial charge in [0.05, 0.1) is 11.9 Å². The van der Waals surface area contributed by atoms with Crippen LogP contribution >= 0.6 is 29.0 Å². The number of hydrogen-bond donors (Lipinski definition) is 0. The number of hydrogen-bond acceptors (Lipinski definition) is 3. The van der Waals surface area contributed by atoms with Crippen molar-refractivity contribution in [2.45, 2.75) is 6.10 Å². The lowest BCUT2D eigenvalue weighted by Gasteiger charge is -2.23. The van der Waals surface area contributed by atoms with Crippen molar-refractivity contribution in [1.29, 1.82) is 0 Å². The van der Waals surface area contributed by atoms with E-state index in [0.29, 0.717) is 0 Å². The fourth-order valence-corrected chi connectivity index (χ4v) is 3.44. The van der Waals surface area contributed by atoms with Crippen LogP contribution < -0.4 is 0 Å². The first-order valence-electron chi connectivity index (χ1n) is 5.59. The van der Waals surface area contributed by atoms with Gasteiger partial charge in [-0.2, -0.15) is 0 Å². The Bertz CT molecular complexity index is 712. The fourth-order valence-electron chi connectivity index (χ4n) is 2.31. The van der Waals surface area contributed by atoms with Crippen LogP contribution in [0.2, 0.25) is 0 Å². The lowest BCUT2D eigenvalue weighted by Crippen LogP contribution is -2.03. The van der Waals surface area contributed by atoms with E-state index in [4.69, 9.17) is 39.4 Å². The molecule has 3 rings (SSSR count). The van der Waals surface area contributed by atoms with Crippen LogP contribution in [0.4, 0.5) is 0 Å². The summed E-state index contributed by atoms with van der Waals surface area (Å²) < 4.78 is 10.2.